The van der Waals surface area contributed by atoms with Gasteiger partial charge < -0.3 is 5.32 Å². The standard InChI is InChI=1S/C14H19NO3S/c1-2-14(16)15-8-7-11-5-6-13-12(10-11)4-3-9-19(13,17)18/h5-6,10H,2-4,7-9H2,1H3,(H,15,16). The summed E-state index contributed by atoms with van der Waals surface area (Å²) in [5, 5.41) is 2.82. The number of fused-ring (bicyclic) bond motifs is 1. The summed E-state index contributed by atoms with van der Waals surface area (Å²) in [6, 6.07) is 5.52. The van der Waals surface area contributed by atoms with Crippen LogP contribution in [-0.2, 0) is 27.5 Å². The number of hydrogen-bond acceptors (Lipinski definition) is 3. The maximum Gasteiger partial charge on any atom is 0.219 e. The van der Waals surface area contributed by atoms with Gasteiger partial charge in [0.05, 0.1) is 10.6 Å². The number of carbonyl (C=O) groups excluding carboxylic acids is 1. The van der Waals surface area contributed by atoms with Gasteiger partial charge in [0.25, 0.3) is 0 Å². The molecule has 0 atom stereocenters. The summed E-state index contributed by atoms with van der Waals surface area (Å²) in [4.78, 5) is 11.6. The molecule has 0 aromatic heterocycles. The van der Waals surface area contributed by atoms with Gasteiger partial charge >= 0.3 is 0 Å². The Kier molecular flexibility index (Phi) is 4.24. The quantitative estimate of drug-likeness (QED) is 0.909. The molecule has 1 amide bonds. The minimum Gasteiger partial charge on any atom is -0.356 e. The van der Waals surface area contributed by atoms with Crippen LogP contribution in [0.25, 0.3) is 0 Å². The third-order valence-electron chi connectivity index (χ3n) is 3.38. The predicted octanol–water partition coefficient (Wildman–Crippen LogP) is 1.48. The molecule has 4 nitrogen and oxygen atoms in total. The molecule has 0 bridgehead atoms. The summed E-state index contributed by atoms with van der Waals surface area (Å²) in [6.07, 6.45) is 2.75. The Morgan fingerprint density at radius 1 is 1.37 bits per heavy atom. The first kappa shape index (κ1) is 14.1. The van der Waals surface area contributed by atoms with Crippen LogP contribution in [0, 0.1) is 0 Å². The molecule has 0 fully saturated rings. The minimum absolute atomic E-state index is 0.0422. The third-order valence-corrected chi connectivity index (χ3v) is 5.27. The molecule has 0 spiro atoms. The molecule has 1 aromatic rings. The zero-order chi connectivity index (χ0) is 13.9. The lowest BCUT2D eigenvalue weighted by molar-refractivity contribution is -0.120. The van der Waals surface area contributed by atoms with Crippen molar-refractivity contribution in [3.05, 3.63) is 29.3 Å². The van der Waals surface area contributed by atoms with Crippen molar-refractivity contribution in [3.63, 3.8) is 0 Å². The number of nitrogens with one attached hydrogen (secondary N) is 1. The second kappa shape index (κ2) is 5.74. The fourth-order valence-corrected chi connectivity index (χ4v) is 3.90. The Morgan fingerprint density at radius 3 is 2.89 bits per heavy atom. The molecule has 5 heteroatoms. The van der Waals surface area contributed by atoms with E-state index in [-0.39, 0.29) is 11.7 Å². The number of aryl methyl sites for hydroxylation is 1. The molecule has 0 saturated carbocycles. The van der Waals surface area contributed by atoms with E-state index < -0.39 is 9.84 Å². The number of benzene rings is 1. The number of amides is 1. The number of carbonyl (C=O) groups is 1. The van der Waals surface area contributed by atoms with Gasteiger partial charge in [-0.3, -0.25) is 4.79 Å². The van der Waals surface area contributed by atoms with Crippen molar-refractivity contribution in [2.24, 2.45) is 0 Å². The number of hydrogen-bond donors (Lipinski definition) is 1. The van der Waals surface area contributed by atoms with E-state index in [2.05, 4.69) is 5.32 Å². The summed E-state index contributed by atoms with van der Waals surface area (Å²) in [6.45, 7) is 2.41. The number of sulfone groups is 1. The fraction of sp³-hybridized carbons (Fsp3) is 0.500. The second-order valence-electron chi connectivity index (χ2n) is 4.82. The molecule has 1 aliphatic rings. The highest BCUT2D eigenvalue weighted by atomic mass is 32.2. The largest absolute Gasteiger partial charge is 0.356 e. The van der Waals surface area contributed by atoms with Crippen molar-refractivity contribution < 1.29 is 13.2 Å². The Morgan fingerprint density at radius 2 is 2.16 bits per heavy atom. The third kappa shape index (κ3) is 3.35. The average Bonchev–Trinajstić information content (AvgIpc) is 2.38. The zero-order valence-electron chi connectivity index (χ0n) is 11.1. The molecule has 1 aliphatic heterocycles. The van der Waals surface area contributed by atoms with Crippen molar-refractivity contribution in [2.75, 3.05) is 12.3 Å². The van der Waals surface area contributed by atoms with Crippen molar-refractivity contribution in [1.29, 1.82) is 0 Å². The minimum atomic E-state index is -3.07. The van der Waals surface area contributed by atoms with E-state index in [1.807, 2.05) is 19.1 Å². The van der Waals surface area contributed by atoms with Crippen LogP contribution in [0.4, 0.5) is 0 Å². The van der Waals surface area contributed by atoms with E-state index >= 15 is 0 Å². The van der Waals surface area contributed by atoms with Crippen LogP contribution in [-0.4, -0.2) is 26.6 Å². The highest BCUT2D eigenvalue weighted by Crippen LogP contribution is 2.25. The van der Waals surface area contributed by atoms with Crippen molar-refractivity contribution >= 4 is 15.7 Å². The molecule has 1 N–H and O–H groups in total. The van der Waals surface area contributed by atoms with Gasteiger partial charge in [0.1, 0.15) is 0 Å². The molecule has 1 aromatic carbocycles. The van der Waals surface area contributed by atoms with Gasteiger partial charge in [-0.1, -0.05) is 19.1 Å². The van der Waals surface area contributed by atoms with Crippen LogP contribution >= 0.6 is 0 Å². The Bertz CT molecular complexity index is 578. The van der Waals surface area contributed by atoms with Gasteiger partial charge in [-0.05, 0) is 36.5 Å². The maximum atomic E-state index is 11.9. The summed E-state index contributed by atoms with van der Waals surface area (Å²) in [5.74, 6) is 0.298. The van der Waals surface area contributed by atoms with Crippen LogP contribution < -0.4 is 5.32 Å². The van der Waals surface area contributed by atoms with Gasteiger partial charge in [0, 0.05) is 13.0 Å². The fourth-order valence-electron chi connectivity index (χ4n) is 2.32. The molecular weight excluding hydrogens is 262 g/mol. The lowest BCUT2D eigenvalue weighted by atomic mass is 10.0. The molecule has 0 radical (unpaired) electrons. The van der Waals surface area contributed by atoms with Crippen LogP contribution in [0.15, 0.2) is 23.1 Å². The average molecular weight is 281 g/mol. The van der Waals surface area contributed by atoms with Crippen LogP contribution in [0.1, 0.15) is 30.9 Å². The highest BCUT2D eigenvalue weighted by molar-refractivity contribution is 7.91. The Hall–Kier alpha value is -1.36. The first-order chi connectivity index (χ1) is 9.03. The summed E-state index contributed by atoms with van der Waals surface area (Å²) in [7, 11) is -3.07. The van der Waals surface area contributed by atoms with E-state index in [1.165, 1.54) is 0 Å². The predicted molar refractivity (Wildman–Crippen MR) is 73.8 cm³/mol. The smallest absolute Gasteiger partial charge is 0.219 e. The highest BCUT2D eigenvalue weighted by Gasteiger charge is 2.23. The van der Waals surface area contributed by atoms with Gasteiger partial charge in [0.2, 0.25) is 5.91 Å². The van der Waals surface area contributed by atoms with Crippen LogP contribution in [0.2, 0.25) is 0 Å². The van der Waals surface area contributed by atoms with E-state index in [0.717, 1.165) is 24.0 Å². The van der Waals surface area contributed by atoms with Gasteiger partial charge in [-0.25, -0.2) is 8.42 Å². The molecule has 0 unspecified atom stereocenters. The van der Waals surface area contributed by atoms with Gasteiger partial charge in [0.15, 0.2) is 9.84 Å². The van der Waals surface area contributed by atoms with Crippen LogP contribution in [0.5, 0.6) is 0 Å². The maximum absolute atomic E-state index is 11.9. The van der Waals surface area contributed by atoms with E-state index in [9.17, 15) is 13.2 Å². The molecule has 2 rings (SSSR count). The molecule has 0 saturated heterocycles. The first-order valence-corrected chi connectivity index (χ1v) is 8.29. The summed E-state index contributed by atoms with van der Waals surface area (Å²) >= 11 is 0. The number of rotatable bonds is 4. The molecule has 104 valence electrons. The van der Waals surface area contributed by atoms with Gasteiger partial charge in [-0.15, -0.1) is 0 Å². The van der Waals surface area contributed by atoms with Crippen molar-refractivity contribution in [2.45, 2.75) is 37.5 Å². The van der Waals surface area contributed by atoms with Crippen LogP contribution in [0.3, 0.4) is 0 Å². The normalized spacial score (nSPS) is 16.7. The van der Waals surface area contributed by atoms with Crippen molar-refractivity contribution in [3.8, 4) is 0 Å². The van der Waals surface area contributed by atoms with E-state index in [1.54, 1.807) is 6.07 Å². The van der Waals surface area contributed by atoms with Gasteiger partial charge in [-0.2, -0.15) is 0 Å². The summed E-state index contributed by atoms with van der Waals surface area (Å²) in [5.41, 5.74) is 2.00. The molecule has 1 heterocycles. The molecule has 19 heavy (non-hydrogen) atoms. The van der Waals surface area contributed by atoms with E-state index in [4.69, 9.17) is 0 Å². The zero-order valence-corrected chi connectivity index (χ0v) is 11.9. The first-order valence-electron chi connectivity index (χ1n) is 6.64. The molecule has 0 aliphatic carbocycles. The SMILES string of the molecule is CCC(=O)NCCc1ccc2c(c1)CCCS2(=O)=O. The molecular formula is C14H19NO3S. The lowest BCUT2D eigenvalue weighted by Gasteiger charge is -2.17. The van der Waals surface area contributed by atoms with E-state index in [0.29, 0.717) is 24.3 Å². The topological polar surface area (TPSA) is 63.2 Å². The second-order valence-corrected chi connectivity index (χ2v) is 6.90. The Labute approximate surface area is 114 Å². The summed E-state index contributed by atoms with van der Waals surface area (Å²) < 4.78 is 23.7. The van der Waals surface area contributed by atoms with Crippen molar-refractivity contribution in [1.82, 2.24) is 5.32 Å². The lowest BCUT2D eigenvalue weighted by Crippen LogP contribution is -2.24. The monoisotopic (exact) mass is 281 g/mol. The Balaban J connectivity index is 2.07.